The standard InChI is InChI=1S/C20H20N4O2S.C20H20N4OS/c1-13-18(21-22-20(25)27-13)16-9-10-17-15(12-16)8-5-11-24(17)19(23-26)14-6-3-2-4-7-14;1-13-18(22-23-20(25)26-13)16-9-10-17-15(12-16)8-5-11-24(17)19(21)14-6-3-2-4-7-14/h2-4,6-7,9-10,12-13,26H,5,8,11H2,1H3,(H,22,25);2-4,6-7,9-10,12-13,21H,5,8,11H2,1H3,(H,23,25)/b23-19-;. The molecule has 4 aliphatic rings. The van der Waals surface area contributed by atoms with Gasteiger partial charge in [0.05, 0.1) is 21.9 Å². The van der Waals surface area contributed by atoms with E-state index in [1.54, 1.807) is 0 Å². The van der Waals surface area contributed by atoms with Gasteiger partial charge in [-0.15, -0.1) is 0 Å². The summed E-state index contributed by atoms with van der Waals surface area (Å²) in [6.07, 6.45) is 3.92. The first-order valence-corrected chi connectivity index (χ1v) is 19.4. The van der Waals surface area contributed by atoms with E-state index in [4.69, 9.17) is 5.41 Å². The van der Waals surface area contributed by atoms with Crippen LogP contribution in [0, 0.1) is 5.41 Å². The number of rotatable bonds is 4. The normalized spacial score (nSPS) is 19.7. The number of hydrazone groups is 2. The number of carbonyl (C=O) groups excluding carboxylic acids is 2. The van der Waals surface area contributed by atoms with Gasteiger partial charge >= 0.3 is 0 Å². The van der Waals surface area contributed by atoms with Gasteiger partial charge in [-0.3, -0.25) is 15.0 Å². The summed E-state index contributed by atoms with van der Waals surface area (Å²) >= 11 is 2.50. The number of nitrogens with zero attached hydrogens (tertiary/aromatic N) is 5. The molecule has 11 nitrogen and oxygen atoms in total. The van der Waals surface area contributed by atoms with Crippen molar-refractivity contribution in [2.75, 3.05) is 22.9 Å². The molecule has 0 saturated heterocycles. The highest BCUT2D eigenvalue weighted by Gasteiger charge is 2.28. The van der Waals surface area contributed by atoms with Crippen LogP contribution in [0.15, 0.2) is 112 Å². The molecule has 0 fully saturated rings. The highest BCUT2D eigenvalue weighted by Crippen LogP contribution is 2.33. The van der Waals surface area contributed by atoms with E-state index < -0.39 is 0 Å². The summed E-state index contributed by atoms with van der Waals surface area (Å²) < 4.78 is 0. The second kappa shape index (κ2) is 16.1. The Morgan fingerprint density at radius 1 is 0.717 bits per heavy atom. The van der Waals surface area contributed by atoms with Crippen molar-refractivity contribution in [3.8, 4) is 0 Å². The molecule has 0 radical (unpaired) electrons. The third-order valence-electron chi connectivity index (χ3n) is 9.56. The lowest BCUT2D eigenvalue weighted by molar-refractivity contribution is 0.260. The maximum absolute atomic E-state index is 11.5. The van der Waals surface area contributed by atoms with E-state index >= 15 is 0 Å². The second-order valence-electron chi connectivity index (χ2n) is 13.0. The second-order valence-corrected chi connectivity index (χ2v) is 15.6. The van der Waals surface area contributed by atoms with Gasteiger partial charge in [0.25, 0.3) is 10.5 Å². The molecular weight excluding hydrogens is 705 g/mol. The number of thioether (sulfide) groups is 2. The molecule has 0 bridgehead atoms. The van der Waals surface area contributed by atoms with Crippen LogP contribution in [0.4, 0.5) is 21.0 Å². The van der Waals surface area contributed by atoms with Crippen molar-refractivity contribution in [1.82, 2.24) is 10.9 Å². The van der Waals surface area contributed by atoms with Crippen molar-refractivity contribution in [1.29, 1.82) is 5.41 Å². The summed E-state index contributed by atoms with van der Waals surface area (Å²) in [5, 5.41) is 30.2. The van der Waals surface area contributed by atoms with Crippen LogP contribution in [0.5, 0.6) is 0 Å². The van der Waals surface area contributed by atoms with E-state index in [9.17, 15) is 14.8 Å². The van der Waals surface area contributed by atoms with Gasteiger partial charge in [-0.25, -0.2) is 10.9 Å². The molecule has 4 aromatic carbocycles. The average Bonchev–Trinajstić information content (AvgIpc) is 3.18. The van der Waals surface area contributed by atoms with E-state index in [0.717, 1.165) is 83.8 Å². The van der Waals surface area contributed by atoms with Gasteiger partial charge in [-0.2, -0.15) is 10.2 Å². The molecule has 0 spiro atoms. The number of hydrogen-bond donors (Lipinski definition) is 4. The first-order chi connectivity index (χ1) is 25.8. The Hall–Kier alpha value is -5.40. The first kappa shape index (κ1) is 36.0. The van der Waals surface area contributed by atoms with Gasteiger partial charge in [-0.05, 0) is 86.1 Å². The summed E-state index contributed by atoms with van der Waals surface area (Å²) in [5.74, 6) is 1.08. The van der Waals surface area contributed by atoms with Gasteiger partial charge in [0.1, 0.15) is 5.84 Å². The monoisotopic (exact) mass is 744 g/mol. The zero-order valence-corrected chi connectivity index (χ0v) is 31.1. The third-order valence-corrected chi connectivity index (χ3v) is 11.3. The van der Waals surface area contributed by atoms with Crippen LogP contribution in [-0.4, -0.2) is 62.4 Å². The minimum Gasteiger partial charge on any atom is -0.409 e. The van der Waals surface area contributed by atoms with Crippen molar-refractivity contribution in [2.24, 2.45) is 15.4 Å². The predicted molar refractivity (Wildman–Crippen MR) is 216 cm³/mol. The fourth-order valence-corrected chi connectivity index (χ4v) is 8.49. The Morgan fingerprint density at radius 3 is 1.68 bits per heavy atom. The minimum atomic E-state index is -0.123. The maximum Gasteiger partial charge on any atom is 0.299 e. The number of oxime groups is 1. The zero-order chi connectivity index (χ0) is 36.9. The molecule has 0 aromatic heterocycles. The molecule has 53 heavy (non-hydrogen) atoms. The highest BCUT2D eigenvalue weighted by atomic mass is 32.2. The van der Waals surface area contributed by atoms with Crippen LogP contribution in [0.1, 0.15) is 60.1 Å². The Balaban J connectivity index is 0.000000164. The van der Waals surface area contributed by atoms with Crippen LogP contribution in [0.25, 0.3) is 0 Å². The molecule has 2 atom stereocenters. The number of benzene rings is 4. The molecule has 2 amide bonds. The van der Waals surface area contributed by atoms with E-state index in [0.29, 0.717) is 11.7 Å². The first-order valence-electron chi connectivity index (χ1n) is 17.6. The molecule has 4 aliphatic heterocycles. The molecule has 13 heteroatoms. The lowest BCUT2D eigenvalue weighted by Crippen LogP contribution is -2.36. The van der Waals surface area contributed by atoms with Crippen molar-refractivity contribution in [3.63, 3.8) is 0 Å². The summed E-state index contributed by atoms with van der Waals surface area (Å²) in [5.41, 5.74) is 15.3. The van der Waals surface area contributed by atoms with E-state index in [2.05, 4.69) is 54.2 Å². The van der Waals surface area contributed by atoms with Gasteiger partial charge in [0.2, 0.25) is 0 Å². The van der Waals surface area contributed by atoms with E-state index in [-0.39, 0.29) is 21.0 Å². The smallest absolute Gasteiger partial charge is 0.299 e. The lowest BCUT2D eigenvalue weighted by atomic mass is 9.96. The molecule has 4 heterocycles. The number of fused-ring (bicyclic) bond motifs is 2. The molecular formula is C40H40N8O3S2. The summed E-state index contributed by atoms with van der Waals surface area (Å²) in [6.45, 7) is 5.63. The molecule has 4 N–H and O–H groups in total. The Morgan fingerprint density at radius 2 is 1.19 bits per heavy atom. The number of carbonyl (C=O) groups is 2. The Labute approximate surface area is 317 Å². The third kappa shape index (κ3) is 7.86. The number of amidine groups is 2. The van der Waals surface area contributed by atoms with Crippen LogP contribution in [0.2, 0.25) is 0 Å². The van der Waals surface area contributed by atoms with Gasteiger partial charge in [0, 0.05) is 35.6 Å². The van der Waals surface area contributed by atoms with E-state index in [1.807, 2.05) is 92.7 Å². The number of amides is 2. The van der Waals surface area contributed by atoms with Crippen LogP contribution in [0.3, 0.4) is 0 Å². The molecule has 0 saturated carbocycles. The van der Waals surface area contributed by atoms with Gasteiger partial charge in [0.15, 0.2) is 5.84 Å². The van der Waals surface area contributed by atoms with Crippen LogP contribution in [-0.2, 0) is 12.8 Å². The summed E-state index contributed by atoms with van der Waals surface area (Å²) in [6, 6.07) is 32.0. The largest absolute Gasteiger partial charge is 0.409 e. The Kier molecular flexibility index (Phi) is 10.9. The zero-order valence-electron chi connectivity index (χ0n) is 29.5. The maximum atomic E-state index is 11.5. The fraction of sp³-hybridized carbons (Fsp3) is 0.250. The van der Waals surface area contributed by atoms with Crippen molar-refractivity contribution >= 4 is 68.5 Å². The average molecular weight is 745 g/mol. The molecule has 2 unspecified atom stereocenters. The van der Waals surface area contributed by atoms with Crippen molar-refractivity contribution < 1.29 is 14.8 Å². The highest BCUT2D eigenvalue weighted by molar-refractivity contribution is 8.15. The van der Waals surface area contributed by atoms with E-state index in [1.165, 1.54) is 34.7 Å². The summed E-state index contributed by atoms with van der Waals surface area (Å²) in [7, 11) is 0. The predicted octanol–water partition coefficient (Wildman–Crippen LogP) is 7.84. The topological polar surface area (TPSA) is 146 Å². The fourth-order valence-electron chi connectivity index (χ4n) is 7.05. The molecule has 270 valence electrons. The van der Waals surface area contributed by atoms with Gasteiger partial charge < -0.3 is 15.0 Å². The SMILES string of the molecule is CC1SC(=O)NN=C1c1ccc2c(c1)CCCN2/C(=N\O)c1ccccc1.CC1SC(=O)NN=C1c1ccc2c(c1)CCCN2C(=N)c1ccccc1. The molecule has 0 aliphatic carbocycles. The van der Waals surface area contributed by atoms with Gasteiger partial charge in [-0.1, -0.05) is 101 Å². The quantitative estimate of drug-likeness (QED) is 0.0721. The minimum absolute atomic E-state index is 0.00961. The Bertz CT molecular complexity index is 2120. The lowest BCUT2D eigenvalue weighted by Gasteiger charge is -2.32. The van der Waals surface area contributed by atoms with Crippen molar-refractivity contribution in [3.05, 3.63) is 130 Å². The van der Waals surface area contributed by atoms with Crippen LogP contribution >= 0.6 is 23.5 Å². The van der Waals surface area contributed by atoms with Crippen molar-refractivity contribution in [2.45, 2.75) is 50.0 Å². The number of hydrogen-bond acceptors (Lipinski definition) is 9. The molecule has 4 aromatic rings. The summed E-state index contributed by atoms with van der Waals surface area (Å²) in [4.78, 5) is 27.1. The number of anilines is 2. The number of aryl methyl sites for hydroxylation is 2. The molecule has 8 rings (SSSR count). The van der Waals surface area contributed by atoms with Crippen LogP contribution < -0.4 is 20.7 Å². The number of nitrogens with one attached hydrogen (secondary N) is 3.